The Kier molecular flexibility index (Phi) is 2.08. The van der Waals surface area contributed by atoms with E-state index in [4.69, 9.17) is 19.3 Å². The van der Waals surface area contributed by atoms with Crippen LogP contribution in [0.2, 0.25) is 0 Å². The first kappa shape index (κ1) is 9.36. The van der Waals surface area contributed by atoms with Crippen LogP contribution in [0.5, 0.6) is 0 Å². The molecule has 2 aliphatic heterocycles. The highest BCUT2D eigenvalue weighted by molar-refractivity contribution is 4.92. The second-order valence-corrected chi connectivity index (χ2v) is 3.82. The van der Waals surface area contributed by atoms with E-state index in [0.717, 1.165) is 0 Å². The van der Waals surface area contributed by atoms with Crippen molar-refractivity contribution >= 4 is 0 Å². The first-order chi connectivity index (χ1) is 6.03. The van der Waals surface area contributed by atoms with Crippen molar-refractivity contribution in [2.45, 2.75) is 44.2 Å². The van der Waals surface area contributed by atoms with E-state index in [1.165, 1.54) is 0 Å². The third-order valence-electron chi connectivity index (χ3n) is 2.29. The lowest BCUT2D eigenvalue weighted by atomic mass is 10.1. The van der Waals surface area contributed by atoms with Gasteiger partial charge in [0.15, 0.2) is 12.1 Å². The summed E-state index contributed by atoms with van der Waals surface area (Å²) in [5, 5.41) is 18.4. The number of fused-ring (bicyclic) bond motifs is 1. The Hall–Kier alpha value is -0.200. The molecule has 5 nitrogen and oxygen atoms in total. The maximum Gasteiger partial charge on any atom is 0.190 e. The van der Waals surface area contributed by atoms with E-state index < -0.39 is 30.4 Å². The van der Waals surface area contributed by atoms with Gasteiger partial charge in [0.25, 0.3) is 0 Å². The molecule has 2 aliphatic rings. The lowest BCUT2D eigenvalue weighted by molar-refractivity contribution is -0.218. The van der Waals surface area contributed by atoms with Crippen molar-refractivity contribution in [2.75, 3.05) is 6.61 Å². The number of rotatable bonds is 1. The van der Waals surface area contributed by atoms with Crippen molar-refractivity contribution in [3.05, 3.63) is 0 Å². The van der Waals surface area contributed by atoms with Crippen LogP contribution in [0.1, 0.15) is 13.8 Å². The Morgan fingerprint density at radius 3 is 2.54 bits per heavy atom. The van der Waals surface area contributed by atoms with Crippen LogP contribution < -0.4 is 0 Å². The molecule has 2 N–H and O–H groups in total. The summed E-state index contributed by atoms with van der Waals surface area (Å²) in [6.45, 7) is 3.30. The molecule has 0 aromatic rings. The van der Waals surface area contributed by atoms with Gasteiger partial charge in [0.2, 0.25) is 0 Å². The van der Waals surface area contributed by atoms with Gasteiger partial charge < -0.3 is 24.4 Å². The highest BCUT2D eigenvalue weighted by atomic mass is 16.8. The molecule has 2 heterocycles. The molecular weight excluding hydrogens is 176 g/mol. The first-order valence-electron chi connectivity index (χ1n) is 4.33. The van der Waals surface area contributed by atoms with Crippen molar-refractivity contribution in [3.8, 4) is 0 Å². The SMILES string of the molecule is CC1(C)O[C@H]2OC(CO)C(O)[C@H]2O1. The van der Waals surface area contributed by atoms with Gasteiger partial charge in [-0.15, -0.1) is 0 Å². The van der Waals surface area contributed by atoms with Gasteiger partial charge in [-0.2, -0.15) is 0 Å². The van der Waals surface area contributed by atoms with Gasteiger partial charge in [-0.3, -0.25) is 0 Å². The van der Waals surface area contributed by atoms with Gasteiger partial charge in [-0.25, -0.2) is 0 Å². The molecule has 0 aromatic carbocycles. The Morgan fingerprint density at radius 1 is 1.31 bits per heavy atom. The van der Waals surface area contributed by atoms with Crippen molar-refractivity contribution in [1.29, 1.82) is 0 Å². The minimum absolute atomic E-state index is 0.221. The van der Waals surface area contributed by atoms with Crippen LogP contribution in [0, 0.1) is 0 Å². The van der Waals surface area contributed by atoms with Gasteiger partial charge in [0.05, 0.1) is 6.61 Å². The highest BCUT2D eigenvalue weighted by Crippen LogP contribution is 2.36. The molecule has 0 aromatic heterocycles. The zero-order valence-electron chi connectivity index (χ0n) is 7.64. The fraction of sp³-hybridized carbons (Fsp3) is 1.00. The minimum Gasteiger partial charge on any atom is -0.394 e. The van der Waals surface area contributed by atoms with E-state index in [-0.39, 0.29) is 6.61 Å². The summed E-state index contributed by atoms with van der Waals surface area (Å²) in [6, 6.07) is 0. The summed E-state index contributed by atoms with van der Waals surface area (Å²) in [5.74, 6) is -0.712. The second-order valence-electron chi connectivity index (χ2n) is 3.82. The summed E-state index contributed by atoms with van der Waals surface area (Å²) in [5.41, 5.74) is 0. The molecule has 0 amide bonds. The Labute approximate surface area is 76.2 Å². The average Bonchev–Trinajstić information content (AvgIpc) is 2.47. The summed E-state index contributed by atoms with van der Waals surface area (Å²) in [6.07, 6.45) is -2.43. The van der Waals surface area contributed by atoms with Gasteiger partial charge in [-0.1, -0.05) is 0 Å². The fourth-order valence-corrected chi connectivity index (χ4v) is 1.71. The van der Waals surface area contributed by atoms with Crippen LogP contribution in [-0.2, 0) is 14.2 Å². The van der Waals surface area contributed by atoms with Gasteiger partial charge in [0, 0.05) is 0 Å². The van der Waals surface area contributed by atoms with E-state index in [9.17, 15) is 5.11 Å². The molecule has 2 fully saturated rings. The highest BCUT2D eigenvalue weighted by Gasteiger charge is 2.53. The molecule has 0 spiro atoms. The number of aliphatic hydroxyl groups is 2. The zero-order valence-corrected chi connectivity index (χ0v) is 7.64. The largest absolute Gasteiger partial charge is 0.394 e. The summed E-state index contributed by atoms with van der Waals surface area (Å²) in [4.78, 5) is 0. The number of hydrogen-bond acceptors (Lipinski definition) is 5. The predicted octanol–water partition coefficient (Wildman–Crippen LogP) is -0.784. The maximum absolute atomic E-state index is 9.60. The Balaban J connectivity index is 2.07. The van der Waals surface area contributed by atoms with Crippen LogP contribution in [0.4, 0.5) is 0 Å². The van der Waals surface area contributed by atoms with Gasteiger partial charge in [0.1, 0.15) is 18.3 Å². The normalized spacial score (nSPS) is 48.0. The number of ether oxygens (including phenoxy) is 3. The molecule has 0 saturated carbocycles. The molecule has 2 saturated heterocycles. The standard InChI is InChI=1S/C8H14O5/c1-8(2)12-6-5(10)4(3-9)11-7(6)13-8/h4-7,9-10H,3H2,1-2H3/t4?,5?,6-,7-/m1/s1. The molecule has 13 heavy (non-hydrogen) atoms. The van der Waals surface area contributed by atoms with Gasteiger partial charge in [-0.05, 0) is 13.8 Å². The van der Waals surface area contributed by atoms with Crippen molar-refractivity contribution in [1.82, 2.24) is 0 Å². The van der Waals surface area contributed by atoms with Crippen LogP contribution in [0.3, 0.4) is 0 Å². The van der Waals surface area contributed by atoms with Crippen LogP contribution in [0.25, 0.3) is 0 Å². The average molecular weight is 190 g/mol. The van der Waals surface area contributed by atoms with Crippen molar-refractivity contribution in [3.63, 3.8) is 0 Å². The summed E-state index contributed by atoms with van der Waals surface area (Å²) >= 11 is 0. The van der Waals surface area contributed by atoms with E-state index in [1.807, 2.05) is 0 Å². The van der Waals surface area contributed by atoms with Crippen LogP contribution >= 0.6 is 0 Å². The van der Waals surface area contributed by atoms with E-state index in [0.29, 0.717) is 0 Å². The molecular formula is C8H14O5. The fourth-order valence-electron chi connectivity index (χ4n) is 1.71. The summed E-state index contributed by atoms with van der Waals surface area (Å²) in [7, 11) is 0. The first-order valence-corrected chi connectivity index (χ1v) is 4.33. The smallest absolute Gasteiger partial charge is 0.190 e. The third kappa shape index (κ3) is 1.47. The maximum atomic E-state index is 9.60. The van der Waals surface area contributed by atoms with E-state index in [1.54, 1.807) is 13.8 Å². The molecule has 76 valence electrons. The van der Waals surface area contributed by atoms with E-state index >= 15 is 0 Å². The minimum atomic E-state index is -0.809. The van der Waals surface area contributed by atoms with Crippen LogP contribution in [-0.4, -0.2) is 47.2 Å². The van der Waals surface area contributed by atoms with Crippen molar-refractivity contribution in [2.24, 2.45) is 0 Å². The molecule has 5 heteroatoms. The Bertz CT molecular complexity index is 205. The Morgan fingerprint density at radius 2 is 2.00 bits per heavy atom. The van der Waals surface area contributed by atoms with E-state index in [2.05, 4.69) is 0 Å². The lowest BCUT2D eigenvalue weighted by Gasteiger charge is -2.21. The molecule has 0 radical (unpaired) electrons. The monoisotopic (exact) mass is 190 g/mol. The molecule has 4 atom stereocenters. The number of hydrogen-bond donors (Lipinski definition) is 2. The summed E-state index contributed by atoms with van der Waals surface area (Å²) < 4.78 is 16.0. The zero-order chi connectivity index (χ0) is 9.64. The molecule has 2 unspecified atom stereocenters. The topological polar surface area (TPSA) is 68.2 Å². The molecule has 2 rings (SSSR count). The lowest BCUT2D eigenvalue weighted by Crippen LogP contribution is -2.36. The van der Waals surface area contributed by atoms with Crippen LogP contribution in [0.15, 0.2) is 0 Å². The quantitative estimate of drug-likeness (QED) is 0.567. The number of aliphatic hydroxyl groups excluding tert-OH is 2. The predicted molar refractivity (Wildman–Crippen MR) is 41.8 cm³/mol. The van der Waals surface area contributed by atoms with Gasteiger partial charge >= 0.3 is 0 Å². The third-order valence-corrected chi connectivity index (χ3v) is 2.29. The van der Waals surface area contributed by atoms with Crippen molar-refractivity contribution < 1.29 is 24.4 Å². The molecule has 0 bridgehead atoms. The molecule has 0 aliphatic carbocycles. The second kappa shape index (κ2) is 2.90.